The van der Waals surface area contributed by atoms with Crippen molar-refractivity contribution in [2.75, 3.05) is 6.54 Å². The summed E-state index contributed by atoms with van der Waals surface area (Å²) in [5, 5.41) is 12.1. The Labute approximate surface area is 117 Å². The fourth-order valence-corrected chi connectivity index (χ4v) is 2.44. The molecule has 2 N–H and O–H groups in total. The van der Waals surface area contributed by atoms with Crippen LogP contribution in [0.2, 0.25) is 0 Å². The van der Waals surface area contributed by atoms with Crippen LogP contribution >= 0.6 is 0 Å². The number of aromatic nitrogens is 1. The number of nitrogens with one attached hydrogen (secondary N) is 1. The maximum atomic E-state index is 12.2. The normalized spacial score (nSPS) is 22.4. The molecule has 108 valence electrons. The van der Waals surface area contributed by atoms with Crippen molar-refractivity contribution in [3.63, 3.8) is 0 Å². The lowest BCUT2D eigenvalue weighted by atomic mass is 9.89. The van der Waals surface area contributed by atoms with Crippen LogP contribution in [0.15, 0.2) is 24.5 Å². The van der Waals surface area contributed by atoms with Crippen molar-refractivity contribution in [2.24, 2.45) is 0 Å². The van der Waals surface area contributed by atoms with E-state index in [1.54, 1.807) is 25.4 Å². The minimum absolute atomic E-state index is 0.335. The van der Waals surface area contributed by atoms with E-state index in [0.717, 1.165) is 18.4 Å². The molecule has 1 aliphatic rings. The first-order valence-electron chi connectivity index (χ1n) is 6.72. The van der Waals surface area contributed by atoms with E-state index >= 15 is 0 Å². The standard InChI is InChI=1S/C14H19N3O3/c1-14(12(18)19)6-2-3-8-17(14)13(20)16-10-11-5-4-7-15-9-11/h4-5,7,9H,2-3,6,8,10H2,1H3,(H,16,20)(H,18,19). The van der Waals surface area contributed by atoms with E-state index in [4.69, 9.17) is 0 Å². The number of carbonyl (C=O) groups excluding carboxylic acids is 1. The van der Waals surface area contributed by atoms with Gasteiger partial charge in [0.1, 0.15) is 5.54 Å². The molecule has 0 radical (unpaired) electrons. The summed E-state index contributed by atoms with van der Waals surface area (Å²) >= 11 is 0. The van der Waals surface area contributed by atoms with Gasteiger partial charge in [-0.15, -0.1) is 0 Å². The second kappa shape index (κ2) is 5.90. The Kier molecular flexibility index (Phi) is 4.22. The zero-order valence-electron chi connectivity index (χ0n) is 11.5. The lowest BCUT2D eigenvalue weighted by Crippen LogP contribution is -2.59. The van der Waals surface area contributed by atoms with Crippen LogP contribution in [0.4, 0.5) is 4.79 Å². The predicted molar refractivity (Wildman–Crippen MR) is 73.1 cm³/mol. The number of carbonyl (C=O) groups is 2. The maximum Gasteiger partial charge on any atom is 0.329 e. The van der Waals surface area contributed by atoms with Gasteiger partial charge in [-0.1, -0.05) is 6.07 Å². The molecule has 1 atom stereocenters. The third kappa shape index (κ3) is 2.89. The van der Waals surface area contributed by atoms with Gasteiger partial charge in [-0.2, -0.15) is 0 Å². The van der Waals surface area contributed by atoms with Gasteiger partial charge in [0.2, 0.25) is 0 Å². The van der Waals surface area contributed by atoms with Crippen LogP contribution in [0.25, 0.3) is 0 Å². The monoisotopic (exact) mass is 277 g/mol. The third-order valence-corrected chi connectivity index (χ3v) is 3.76. The second-order valence-electron chi connectivity index (χ2n) is 5.21. The van der Waals surface area contributed by atoms with Crippen LogP contribution in [0, 0.1) is 0 Å². The number of nitrogens with zero attached hydrogens (tertiary/aromatic N) is 2. The SMILES string of the molecule is CC1(C(=O)O)CCCCN1C(=O)NCc1cccnc1. The minimum Gasteiger partial charge on any atom is -0.480 e. The van der Waals surface area contributed by atoms with Crippen molar-refractivity contribution in [3.8, 4) is 0 Å². The highest BCUT2D eigenvalue weighted by atomic mass is 16.4. The van der Waals surface area contributed by atoms with E-state index in [2.05, 4.69) is 10.3 Å². The van der Waals surface area contributed by atoms with Gasteiger partial charge < -0.3 is 15.3 Å². The zero-order valence-corrected chi connectivity index (χ0v) is 11.5. The number of carboxylic acid groups (broad SMARTS) is 1. The molecular formula is C14H19N3O3. The topological polar surface area (TPSA) is 82.5 Å². The molecule has 2 amide bonds. The Morgan fingerprint density at radius 3 is 2.95 bits per heavy atom. The number of piperidine rings is 1. The van der Waals surface area contributed by atoms with Crippen molar-refractivity contribution in [1.29, 1.82) is 0 Å². The molecule has 1 aromatic heterocycles. The Hall–Kier alpha value is -2.11. The summed E-state index contributed by atoms with van der Waals surface area (Å²) < 4.78 is 0. The van der Waals surface area contributed by atoms with Gasteiger partial charge in [-0.05, 0) is 37.8 Å². The molecule has 1 aromatic rings. The average Bonchev–Trinajstić information content (AvgIpc) is 2.46. The van der Waals surface area contributed by atoms with Crippen LogP contribution in [0.1, 0.15) is 31.7 Å². The molecule has 1 fully saturated rings. The number of aliphatic carboxylic acids is 1. The van der Waals surface area contributed by atoms with Crippen molar-refractivity contribution in [1.82, 2.24) is 15.2 Å². The molecule has 6 heteroatoms. The molecule has 0 spiro atoms. The van der Waals surface area contributed by atoms with E-state index in [9.17, 15) is 14.7 Å². The van der Waals surface area contributed by atoms with Gasteiger partial charge in [-0.3, -0.25) is 4.98 Å². The summed E-state index contributed by atoms with van der Waals surface area (Å²) in [7, 11) is 0. The van der Waals surface area contributed by atoms with Gasteiger partial charge in [-0.25, -0.2) is 9.59 Å². The summed E-state index contributed by atoms with van der Waals surface area (Å²) in [4.78, 5) is 29.1. The first-order valence-corrected chi connectivity index (χ1v) is 6.72. The highest BCUT2D eigenvalue weighted by Gasteiger charge is 2.43. The number of likely N-dealkylation sites (tertiary alicyclic amines) is 1. The van der Waals surface area contributed by atoms with Gasteiger partial charge >= 0.3 is 12.0 Å². The Bertz CT molecular complexity index is 492. The Morgan fingerprint density at radius 2 is 2.30 bits per heavy atom. The smallest absolute Gasteiger partial charge is 0.329 e. The van der Waals surface area contributed by atoms with Crippen molar-refractivity contribution in [3.05, 3.63) is 30.1 Å². The molecule has 0 bridgehead atoms. The summed E-state index contributed by atoms with van der Waals surface area (Å²) in [5.41, 5.74) is -0.230. The number of carboxylic acids is 1. The Morgan fingerprint density at radius 1 is 1.50 bits per heavy atom. The molecular weight excluding hydrogens is 258 g/mol. The molecule has 0 saturated carbocycles. The number of urea groups is 1. The van der Waals surface area contributed by atoms with Crippen LogP contribution < -0.4 is 5.32 Å². The molecule has 20 heavy (non-hydrogen) atoms. The fourth-order valence-electron chi connectivity index (χ4n) is 2.44. The molecule has 1 saturated heterocycles. The molecule has 0 aromatic carbocycles. The van der Waals surface area contributed by atoms with Crippen molar-refractivity contribution in [2.45, 2.75) is 38.3 Å². The molecule has 1 aliphatic heterocycles. The van der Waals surface area contributed by atoms with Gasteiger partial charge in [0.15, 0.2) is 0 Å². The van der Waals surface area contributed by atoms with Crippen molar-refractivity contribution >= 4 is 12.0 Å². The number of hydrogen-bond donors (Lipinski definition) is 2. The van der Waals surface area contributed by atoms with Crippen molar-refractivity contribution < 1.29 is 14.7 Å². The first kappa shape index (κ1) is 14.3. The lowest BCUT2D eigenvalue weighted by Gasteiger charge is -2.41. The number of hydrogen-bond acceptors (Lipinski definition) is 3. The highest BCUT2D eigenvalue weighted by molar-refractivity contribution is 5.86. The molecule has 1 unspecified atom stereocenters. The molecule has 2 rings (SSSR count). The number of pyridine rings is 1. The Balaban J connectivity index is 2.02. The van der Waals surface area contributed by atoms with Crippen LogP contribution in [-0.2, 0) is 11.3 Å². The summed E-state index contributed by atoms with van der Waals surface area (Å²) in [6.07, 6.45) is 5.49. The van der Waals surface area contributed by atoms with Crippen LogP contribution in [-0.4, -0.2) is 39.1 Å². The fraction of sp³-hybridized carbons (Fsp3) is 0.500. The summed E-state index contributed by atoms with van der Waals surface area (Å²) in [6, 6.07) is 3.32. The molecule has 0 aliphatic carbocycles. The van der Waals surface area contributed by atoms with Crippen LogP contribution in [0.5, 0.6) is 0 Å². The average molecular weight is 277 g/mol. The highest BCUT2D eigenvalue weighted by Crippen LogP contribution is 2.28. The van der Waals surface area contributed by atoms with E-state index < -0.39 is 11.5 Å². The maximum absolute atomic E-state index is 12.2. The van der Waals surface area contributed by atoms with E-state index in [1.807, 2.05) is 6.07 Å². The third-order valence-electron chi connectivity index (χ3n) is 3.76. The lowest BCUT2D eigenvalue weighted by molar-refractivity contribution is -0.150. The van der Waals surface area contributed by atoms with E-state index in [-0.39, 0.29) is 6.03 Å². The minimum atomic E-state index is -1.11. The molecule has 6 nitrogen and oxygen atoms in total. The summed E-state index contributed by atoms with van der Waals surface area (Å²) in [6.45, 7) is 2.43. The van der Waals surface area contributed by atoms with E-state index in [0.29, 0.717) is 19.5 Å². The molecule has 2 heterocycles. The van der Waals surface area contributed by atoms with E-state index in [1.165, 1.54) is 4.90 Å². The zero-order chi connectivity index (χ0) is 14.6. The number of rotatable bonds is 3. The van der Waals surface area contributed by atoms with Gasteiger partial charge in [0, 0.05) is 25.5 Å². The second-order valence-corrected chi connectivity index (χ2v) is 5.21. The number of amides is 2. The largest absolute Gasteiger partial charge is 0.480 e. The van der Waals surface area contributed by atoms with Crippen LogP contribution in [0.3, 0.4) is 0 Å². The quantitative estimate of drug-likeness (QED) is 0.879. The van der Waals surface area contributed by atoms with Gasteiger partial charge in [0.25, 0.3) is 0 Å². The predicted octanol–water partition coefficient (Wildman–Crippen LogP) is 1.62. The summed E-state index contributed by atoms with van der Waals surface area (Å²) in [5.74, 6) is -0.950. The van der Waals surface area contributed by atoms with Gasteiger partial charge in [0.05, 0.1) is 0 Å². The first-order chi connectivity index (χ1) is 9.54.